The highest BCUT2D eigenvalue weighted by molar-refractivity contribution is 7.99. The number of hydrogen-bond donors (Lipinski definition) is 0. The van der Waals surface area contributed by atoms with Crippen molar-refractivity contribution in [3.63, 3.8) is 0 Å². The first kappa shape index (κ1) is 15.3. The van der Waals surface area contributed by atoms with Crippen molar-refractivity contribution in [3.8, 4) is 0 Å². The van der Waals surface area contributed by atoms with E-state index in [1.807, 2.05) is 18.2 Å². The van der Waals surface area contributed by atoms with Gasteiger partial charge in [0.05, 0.1) is 0 Å². The monoisotopic (exact) mass is 264 g/mol. The Bertz CT molecular complexity index is 357. The third kappa shape index (κ3) is 5.26. The molecular weight excluding hydrogens is 240 g/mol. The molecule has 0 aliphatic carbocycles. The Labute approximate surface area is 115 Å². The average Bonchev–Trinajstić information content (AvgIpc) is 2.38. The third-order valence-electron chi connectivity index (χ3n) is 3.11. The van der Waals surface area contributed by atoms with Gasteiger partial charge in [-0.1, -0.05) is 51.8 Å². The Kier molecular flexibility index (Phi) is 6.48. The number of rotatable bonds is 8. The molecule has 2 heteroatoms. The van der Waals surface area contributed by atoms with Crippen molar-refractivity contribution in [1.82, 2.24) is 0 Å². The minimum absolute atomic E-state index is 0.214. The third-order valence-corrected chi connectivity index (χ3v) is 4.58. The summed E-state index contributed by atoms with van der Waals surface area (Å²) in [6, 6.07) is 10.3. The minimum Gasteiger partial charge on any atom is -0.299 e. The minimum atomic E-state index is -0.214. The average molecular weight is 264 g/mol. The summed E-state index contributed by atoms with van der Waals surface area (Å²) in [7, 11) is 0. The summed E-state index contributed by atoms with van der Waals surface area (Å²) in [6.45, 7) is 6.30. The Hall–Kier alpha value is -0.760. The molecule has 0 N–H and O–H groups in total. The number of carbonyl (C=O) groups is 1. The fourth-order valence-corrected chi connectivity index (χ4v) is 2.77. The van der Waals surface area contributed by atoms with Crippen LogP contribution in [0.3, 0.4) is 0 Å². The van der Waals surface area contributed by atoms with Gasteiger partial charge in [-0.25, -0.2) is 0 Å². The highest BCUT2D eigenvalue weighted by atomic mass is 32.2. The van der Waals surface area contributed by atoms with Gasteiger partial charge in [0.25, 0.3) is 0 Å². The second-order valence-electron chi connectivity index (χ2n) is 5.37. The topological polar surface area (TPSA) is 17.1 Å². The first-order valence-corrected chi connectivity index (χ1v) is 7.76. The van der Waals surface area contributed by atoms with Gasteiger partial charge in [-0.3, -0.25) is 4.79 Å². The van der Waals surface area contributed by atoms with Crippen LogP contribution >= 0.6 is 11.8 Å². The van der Waals surface area contributed by atoms with E-state index in [2.05, 4.69) is 32.9 Å². The highest BCUT2D eigenvalue weighted by Gasteiger charge is 2.26. The van der Waals surface area contributed by atoms with Crippen LogP contribution in [-0.2, 0) is 4.79 Å². The Morgan fingerprint density at radius 1 is 1.17 bits per heavy atom. The van der Waals surface area contributed by atoms with Crippen LogP contribution in [0, 0.1) is 5.41 Å². The molecule has 0 fully saturated rings. The van der Waals surface area contributed by atoms with E-state index >= 15 is 0 Å². The van der Waals surface area contributed by atoms with Gasteiger partial charge in [-0.15, -0.1) is 11.8 Å². The van der Waals surface area contributed by atoms with Gasteiger partial charge in [0.2, 0.25) is 0 Å². The highest BCUT2D eigenvalue weighted by Crippen LogP contribution is 2.29. The van der Waals surface area contributed by atoms with Crippen molar-refractivity contribution < 1.29 is 4.79 Å². The SMILES string of the molecule is CCCCCC(=O)C(C)(C)CSc1ccccc1. The summed E-state index contributed by atoms with van der Waals surface area (Å²) in [5.74, 6) is 1.27. The van der Waals surface area contributed by atoms with Crippen molar-refractivity contribution in [2.75, 3.05) is 5.75 Å². The Morgan fingerprint density at radius 3 is 2.44 bits per heavy atom. The molecule has 0 heterocycles. The fraction of sp³-hybridized carbons (Fsp3) is 0.562. The molecule has 18 heavy (non-hydrogen) atoms. The van der Waals surface area contributed by atoms with Crippen LogP contribution in [0.4, 0.5) is 0 Å². The van der Waals surface area contributed by atoms with Crippen molar-refractivity contribution in [1.29, 1.82) is 0 Å². The van der Waals surface area contributed by atoms with Crippen molar-refractivity contribution in [2.24, 2.45) is 5.41 Å². The molecule has 0 amide bonds. The van der Waals surface area contributed by atoms with Crippen LogP contribution < -0.4 is 0 Å². The van der Waals surface area contributed by atoms with Crippen molar-refractivity contribution >= 4 is 17.5 Å². The number of ketones is 1. The van der Waals surface area contributed by atoms with Crippen LogP contribution in [0.5, 0.6) is 0 Å². The zero-order valence-corrected chi connectivity index (χ0v) is 12.6. The number of carbonyl (C=O) groups excluding carboxylic acids is 1. The molecule has 1 aromatic rings. The first-order valence-electron chi connectivity index (χ1n) is 6.77. The molecule has 0 aromatic heterocycles. The molecule has 0 bridgehead atoms. The van der Waals surface area contributed by atoms with Crippen LogP contribution in [0.1, 0.15) is 46.5 Å². The van der Waals surface area contributed by atoms with Crippen molar-refractivity contribution in [3.05, 3.63) is 30.3 Å². The van der Waals surface area contributed by atoms with E-state index in [9.17, 15) is 4.79 Å². The number of unbranched alkanes of at least 4 members (excludes halogenated alkanes) is 2. The van der Waals surface area contributed by atoms with Gasteiger partial charge >= 0.3 is 0 Å². The Morgan fingerprint density at radius 2 is 1.83 bits per heavy atom. The van der Waals surface area contributed by atoms with Gasteiger partial charge in [0, 0.05) is 22.5 Å². The molecule has 100 valence electrons. The number of thioether (sulfide) groups is 1. The zero-order chi connectivity index (χ0) is 13.4. The second-order valence-corrected chi connectivity index (χ2v) is 6.41. The van der Waals surface area contributed by atoms with E-state index in [1.165, 1.54) is 11.3 Å². The lowest BCUT2D eigenvalue weighted by Crippen LogP contribution is -2.26. The molecule has 0 radical (unpaired) electrons. The maximum absolute atomic E-state index is 12.1. The van der Waals surface area contributed by atoms with Gasteiger partial charge in [-0.05, 0) is 18.6 Å². The van der Waals surface area contributed by atoms with E-state index < -0.39 is 0 Å². The van der Waals surface area contributed by atoms with Gasteiger partial charge in [-0.2, -0.15) is 0 Å². The van der Waals surface area contributed by atoms with E-state index in [4.69, 9.17) is 0 Å². The van der Waals surface area contributed by atoms with E-state index in [0.717, 1.165) is 25.0 Å². The summed E-state index contributed by atoms with van der Waals surface area (Å²) < 4.78 is 0. The van der Waals surface area contributed by atoms with Crippen molar-refractivity contribution in [2.45, 2.75) is 51.3 Å². The summed E-state index contributed by atoms with van der Waals surface area (Å²) >= 11 is 1.77. The molecule has 0 aliphatic rings. The smallest absolute Gasteiger partial charge is 0.139 e. The normalized spacial score (nSPS) is 11.5. The molecule has 0 spiro atoms. The molecule has 1 rings (SSSR count). The van der Waals surface area contributed by atoms with E-state index in [-0.39, 0.29) is 5.41 Å². The molecule has 0 unspecified atom stereocenters. The summed E-state index contributed by atoms with van der Waals surface area (Å²) in [5.41, 5.74) is -0.214. The van der Waals surface area contributed by atoms with E-state index in [0.29, 0.717) is 5.78 Å². The maximum Gasteiger partial charge on any atom is 0.139 e. The lowest BCUT2D eigenvalue weighted by molar-refractivity contribution is -0.126. The molecule has 1 nitrogen and oxygen atoms in total. The number of benzene rings is 1. The summed E-state index contributed by atoms with van der Waals surface area (Å²) in [4.78, 5) is 13.4. The van der Waals surface area contributed by atoms with Crippen LogP contribution in [0.2, 0.25) is 0 Å². The predicted octanol–water partition coefficient (Wildman–Crippen LogP) is 4.95. The molecular formula is C16H24OS. The Balaban J connectivity index is 2.41. The van der Waals surface area contributed by atoms with Gasteiger partial charge < -0.3 is 0 Å². The van der Waals surface area contributed by atoms with Gasteiger partial charge in [0.1, 0.15) is 5.78 Å². The quantitative estimate of drug-likeness (QED) is 0.488. The zero-order valence-electron chi connectivity index (χ0n) is 11.7. The van der Waals surface area contributed by atoms with Crippen LogP contribution in [0.25, 0.3) is 0 Å². The summed E-state index contributed by atoms with van der Waals surface area (Å²) in [5, 5.41) is 0. The molecule has 0 saturated carbocycles. The molecule has 1 aromatic carbocycles. The van der Waals surface area contributed by atoms with Crippen LogP contribution in [-0.4, -0.2) is 11.5 Å². The lowest BCUT2D eigenvalue weighted by Gasteiger charge is -2.22. The second kappa shape index (κ2) is 7.63. The molecule has 0 atom stereocenters. The summed E-state index contributed by atoms with van der Waals surface area (Å²) in [6.07, 6.45) is 4.10. The molecule has 0 aliphatic heterocycles. The largest absolute Gasteiger partial charge is 0.299 e. The maximum atomic E-state index is 12.1. The number of Topliss-reactive ketones (excluding diaryl/α,β-unsaturated/α-hetero) is 1. The fourth-order valence-electron chi connectivity index (χ4n) is 1.73. The lowest BCUT2D eigenvalue weighted by atomic mass is 9.87. The van der Waals surface area contributed by atoms with Crippen LogP contribution in [0.15, 0.2) is 35.2 Å². The number of hydrogen-bond acceptors (Lipinski definition) is 2. The predicted molar refractivity (Wildman–Crippen MR) is 80.1 cm³/mol. The molecule has 0 saturated heterocycles. The van der Waals surface area contributed by atoms with Gasteiger partial charge in [0.15, 0.2) is 0 Å². The van der Waals surface area contributed by atoms with E-state index in [1.54, 1.807) is 11.8 Å². The first-order chi connectivity index (χ1) is 8.56. The standard InChI is InChI=1S/C16H24OS/c1-4-5-7-12-15(17)16(2,3)13-18-14-10-8-6-9-11-14/h6,8-11H,4-5,7,12-13H2,1-3H3.